The molecule has 6 heteroatoms. The van der Waals surface area contributed by atoms with Gasteiger partial charge >= 0.3 is 0 Å². The van der Waals surface area contributed by atoms with Crippen molar-refractivity contribution in [1.29, 1.82) is 0 Å². The minimum Gasteiger partial charge on any atom is -0.355 e. The number of rotatable bonds is 6. The maximum atomic E-state index is 13.0. The third kappa shape index (κ3) is 4.16. The van der Waals surface area contributed by atoms with Crippen LogP contribution in [0.25, 0.3) is 21.7 Å². The largest absolute Gasteiger partial charge is 0.355 e. The molecule has 0 spiro atoms. The van der Waals surface area contributed by atoms with Crippen molar-refractivity contribution in [2.24, 2.45) is 5.92 Å². The highest BCUT2D eigenvalue weighted by molar-refractivity contribution is 8.00. The standard InChI is InChI=1S/C21H25N3O2S/c1-5-24-20(26)17-10-15-8-6-7-9-16(15)11-18(17)23-21(24)27-14(4)19(25)22-12-13(2)3/h6-11,13-14H,5,12H2,1-4H3,(H,22,25)/t14-/m1/s1. The lowest BCUT2D eigenvalue weighted by atomic mass is 10.1. The van der Waals surface area contributed by atoms with Crippen LogP contribution in [0.2, 0.25) is 0 Å². The number of thioether (sulfide) groups is 1. The van der Waals surface area contributed by atoms with E-state index in [1.807, 2.05) is 50.2 Å². The van der Waals surface area contributed by atoms with Crippen LogP contribution in [0, 0.1) is 5.92 Å². The average Bonchev–Trinajstić information content (AvgIpc) is 2.65. The van der Waals surface area contributed by atoms with Gasteiger partial charge in [-0.1, -0.05) is 49.9 Å². The van der Waals surface area contributed by atoms with Gasteiger partial charge in [-0.2, -0.15) is 0 Å². The molecule has 0 unspecified atom stereocenters. The average molecular weight is 384 g/mol. The Hall–Kier alpha value is -2.34. The zero-order valence-corrected chi connectivity index (χ0v) is 17.0. The second kappa shape index (κ2) is 8.13. The number of benzene rings is 2. The van der Waals surface area contributed by atoms with Crippen molar-refractivity contribution in [1.82, 2.24) is 14.9 Å². The van der Waals surface area contributed by atoms with E-state index in [1.54, 1.807) is 4.57 Å². The zero-order chi connectivity index (χ0) is 19.6. The van der Waals surface area contributed by atoms with Crippen LogP contribution < -0.4 is 10.9 Å². The fourth-order valence-electron chi connectivity index (χ4n) is 2.92. The van der Waals surface area contributed by atoms with Crippen LogP contribution in [0.4, 0.5) is 0 Å². The summed E-state index contributed by atoms with van der Waals surface area (Å²) in [7, 11) is 0. The molecule has 3 aromatic rings. The predicted molar refractivity (Wildman–Crippen MR) is 112 cm³/mol. The van der Waals surface area contributed by atoms with Crippen molar-refractivity contribution in [2.75, 3.05) is 6.54 Å². The first-order chi connectivity index (χ1) is 12.9. The molecule has 0 aliphatic rings. The Morgan fingerprint density at radius 2 is 1.85 bits per heavy atom. The number of hydrogen-bond donors (Lipinski definition) is 1. The van der Waals surface area contributed by atoms with Gasteiger partial charge in [-0.25, -0.2) is 4.98 Å². The Morgan fingerprint density at radius 3 is 2.48 bits per heavy atom. The minimum atomic E-state index is -0.327. The molecule has 1 N–H and O–H groups in total. The molecule has 0 saturated heterocycles. The van der Waals surface area contributed by atoms with E-state index < -0.39 is 0 Å². The molecule has 142 valence electrons. The maximum absolute atomic E-state index is 13.0. The molecule has 3 rings (SSSR count). The van der Waals surface area contributed by atoms with E-state index in [4.69, 9.17) is 4.98 Å². The highest BCUT2D eigenvalue weighted by Gasteiger charge is 2.19. The van der Waals surface area contributed by atoms with Gasteiger partial charge in [0, 0.05) is 13.1 Å². The Bertz CT molecular complexity index is 1040. The van der Waals surface area contributed by atoms with Crippen molar-refractivity contribution < 1.29 is 4.79 Å². The number of nitrogens with one attached hydrogen (secondary N) is 1. The van der Waals surface area contributed by atoms with E-state index in [9.17, 15) is 9.59 Å². The molecule has 1 aromatic heterocycles. The lowest BCUT2D eigenvalue weighted by Gasteiger charge is -2.16. The molecule has 1 heterocycles. The molecule has 1 atom stereocenters. The third-order valence-electron chi connectivity index (χ3n) is 4.44. The zero-order valence-electron chi connectivity index (χ0n) is 16.2. The van der Waals surface area contributed by atoms with Crippen LogP contribution in [0.5, 0.6) is 0 Å². The Morgan fingerprint density at radius 1 is 1.19 bits per heavy atom. The summed E-state index contributed by atoms with van der Waals surface area (Å²) in [6.45, 7) is 9.03. The van der Waals surface area contributed by atoms with Gasteiger partial charge in [-0.3, -0.25) is 14.2 Å². The Labute approximate surface area is 163 Å². The van der Waals surface area contributed by atoms with Gasteiger partial charge in [0.2, 0.25) is 5.91 Å². The normalized spacial score (nSPS) is 12.6. The molecular weight excluding hydrogens is 358 g/mol. The molecule has 0 bridgehead atoms. The number of carbonyl (C=O) groups excluding carboxylic acids is 1. The number of fused-ring (bicyclic) bond motifs is 2. The van der Waals surface area contributed by atoms with Gasteiger partial charge in [-0.15, -0.1) is 0 Å². The summed E-state index contributed by atoms with van der Waals surface area (Å²) in [6, 6.07) is 11.8. The summed E-state index contributed by atoms with van der Waals surface area (Å²) >= 11 is 1.33. The number of aromatic nitrogens is 2. The van der Waals surface area contributed by atoms with Crippen LogP contribution in [0.15, 0.2) is 46.3 Å². The predicted octanol–water partition coefficient (Wildman–Crippen LogP) is 3.82. The van der Waals surface area contributed by atoms with Crippen molar-refractivity contribution in [2.45, 2.75) is 44.6 Å². The molecular formula is C21H25N3O2S. The van der Waals surface area contributed by atoms with Crippen LogP contribution >= 0.6 is 11.8 Å². The minimum absolute atomic E-state index is 0.0378. The quantitative estimate of drug-likeness (QED) is 0.399. The van der Waals surface area contributed by atoms with Crippen LogP contribution in [0.1, 0.15) is 27.7 Å². The van der Waals surface area contributed by atoms with Gasteiger partial charge in [-0.05, 0) is 42.7 Å². The van der Waals surface area contributed by atoms with Gasteiger partial charge in [0.15, 0.2) is 5.16 Å². The molecule has 0 radical (unpaired) electrons. The fourth-order valence-corrected chi connectivity index (χ4v) is 3.91. The second-order valence-corrected chi connectivity index (χ2v) is 8.37. The highest BCUT2D eigenvalue weighted by Crippen LogP contribution is 2.25. The van der Waals surface area contributed by atoms with E-state index >= 15 is 0 Å². The first-order valence-corrected chi connectivity index (χ1v) is 10.2. The van der Waals surface area contributed by atoms with Crippen LogP contribution in [-0.2, 0) is 11.3 Å². The summed E-state index contributed by atoms with van der Waals surface area (Å²) in [6.07, 6.45) is 0. The van der Waals surface area contributed by atoms with Gasteiger partial charge in [0.25, 0.3) is 5.56 Å². The maximum Gasteiger partial charge on any atom is 0.262 e. The molecule has 2 aromatic carbocycles. The molecule has 27 heavy (non-hydrogen) atoms. The number of nitrogens with zero attached hydrogens (tertiary/aromatic N) is 2. The SMILES string of the molecule is CCn1c(S[C@H](C)C(=O)NCC(C)C)nc2cc3ccccc3cc2c1=O. The highest BCUT2D eigenvalue weighted by atomic mass is 32.2. The van der Waals surface area contributed by atoms with Crippen molar-refractivity contribution in [3.63, 3.8) is 0 Å². The van der Waals surface area contributed by atoms with E-state index in [2.05, 4.69) is 19.2 Å². The summed E-state index contributed by atoms with van der Waals surface area (Å²) < 4.78 is 1.65. The third-order valence-corrected chi connectivity index (χ3v) is 5.53. The van der Waals surface area contributed by atoms with Gasteiger partial charge in [0.1, 0.15) is 0 Å². The van der Waals surface area contributed by atoms with Crippen LogP contribution in [-0.4, -0.2) is 27.3 Å². The van der Waals surface area contributed by atoms with E-state index in [0.29, 0.717) is 35.1 Å². The summed E-state index contributed by atoms with van der Waals surface area (Å²) in [4.78, 5) is 30.0. The summed E-state index contributed by atoms with van der Waals surface area (Å²) in [5, 5.41) is 5.87. The van der Waals surface area contributed by atoms with Crippen LogP contribution in [0.3, 0.4) is 0 Å². The lowest BCUT2D eigenvalue weighted by molar-refractivity contribution is -0.120. The summed E-state index contributed by atoms with van der Waals surface area (Å²) in [5.41, 5.74) is 0.603. The fraction of sp³-hybridized carbons (Fsp3) is 0.381. The molecule has 0 fully saturated rings. The monoisotopic (exact) mass is 383 g/mol. The molecule has 1 amide bonds. The first-order valence-electron chi connectivity index (χ1n) is 9.28. The number of amides is 1. The van der Waals surface area contributed by atoms with Crippen molar-refractivity contribution in [3.05, 3.63) is 46.8 Å². The molecule has 0 aliphatic carbocycles. The topological polar surface area (TPSA) is 64.0 Å². The first kappa shape index (κ1) is 19.4. The summed E-state index contributed by atoms with van der Waals surface area (Å²) in [5.74, 6) is 0.358. The van der Waals surface area contributed by atoms with E-state index in [-0.39, 0.29) is 16.7 Å². The molecule has 0 aliphatic heterocycles. The van der Waals surface area contributed by atoms with Gasteiger partial charge < -0.3 is 5.32 Å². The molecule has 0 saturated carbocycles. The van der Waals surface area contributed by atoms with Gasteiger partial charge in [0.05, 0.1) is 16.2 Å². The van der Waals surface area contributed by atoms with Crippen molar-refractivity contribution in [3.8, 4) is 0 Å². The smallest absolute Gasteiger partial charge is 0.262 e. The Kier molecular flexibility index (Phi) is 5.85. The molecule has 5 nitrogen and oxygen atoms in total. The number of hydrogen-bond acceptors (Lipinski definition) is 4. The Balaban J connectivity index is 2.00. The second-order valence-electron chi connectivity index (χ2n) is 7.06. The van der Waals surface area contributed by atoms with Crippen molar-refractivity contribution >= 4 is 39.3 Å². The van der Waals surface area contributed by atoms with E-state index in [0.717, 1.165) is 10.8 Å². The number of carbonyl (C=O) groups is 1. The lowest BCUT2D eigenvalue weighted by Crippen LogP contribution is -2.34. The van der Waals surface area contributed by atoms with E-state index in [1.165, 1.54) is 11.8 Å².